The number of ether oxygens (including phenoxy) is 1. The Labute approximate surface area is 121 Å². The number of nitrogens with zero attached hydrogens (tertiary/aromatic N) is 1. The van der Waals surface area contributed by atoms with Crippen LogP contribution >= 0.6 is 0 Å². The average Bonchev–Trinajstić information content (AvgIpc) is 2.46. The quantitative estimate of drug-likeness (QED) is 0.567. The molecule has 1 rings (SSSR count). The fourth-order valence-electron chi connectivity index (χ4n) is 1.63. The molecular formula is C14H18F2N2O3. The van der Waals surface area contributed by atoms with Gasteiger partial charge in [-0.3, -0.25) is 4.99 Å². The summed E-state index contributed by atoms with van der Waals surface area (Å²) >= 11 is 0. The Balaban J connectivity index is 2.45. The van der Waals surface area contributed by atoms with E-state index in [1.807, 2.05) is 0 Å². The molecule has 1 aromatic carbocycles. The van der Waals surface area contributed by atoms with E-state index in [2.05, 4.69) is 4.99 Å². The van der Waals surface area contributed by atoms with Gasteiger partial charge < -0.3 is 15.6 Å². The van der Waals surface area contributed by atoms with Gasteiger partial charge in [0.05, 0.1) is 7.11 Å². The Bertz CT molecular complexity index is 491. The van der Waals surface area contributed by atoms with Crippen LogP contribution in [-0.2, 0) is 4.79 Å². The van der Waals surface area contributed by atoms with Crippen LogP contribution < -0.4 is 10.5 Å². The molecule has 0 spiro atoms. The van der Waals surface area contributed by atoms with Crippen LogP contribution in [0.25, 0.3) is 0 Å². The van der Waals surface area contributed by atoms with Gasteiger partial charge in [-0.25, -0.2) is 13.6 Å². The molecule has 0 amide bonds. The van der Waals surface area contributed by atoms with Crippen LogP contribution in [0.5, 0.6) is 5.75 Å². The molecule has 5 nitrogen and oxygen atoms in total. The number of aliphatic imine (C=N–C) groups is 1. The van der Waals surface area contributed by atoms with Gasteiger partial charge in [-0.2, -0.15) is 0 Å². The van der Waals surface area contributed by atoms with Crippen molar-refractivity contribution >= 4 is 12.2 Å². The van der Waals surface area contributed by atoms with Gasteiger partial charge in [0.1, 0.15) is 5.75 Å². The van der Waals surface area contributed by atoms with Gasteiger partial charge in [0.25, 0.3) is 6.43 Å². The second kappa shape index (κ2) is 7.68. The van der Waals surface area contributed by atoms with Crippen molar-refractivity contribution in [3.05, 3.63) is 29.8 Å². The van der Waals surface area contributed by atoms with Crippen molar-refractivity contribution in [2.24, 2.45) is 10.7 Å². The van der Waals surface area contributed by atoms with Gasteiger partial charge in [-0.1, -0.05) is 0 Å². The highest BCUT2D eigenvalue weighted by Crippen LogP contribution is 2.19. The van der Waals surface area contributed by atoms with Crippen molar-refractivity contribution in [1.82, 2.24) is 0 Å². The minimum atomic E-state index is -3.11. The minimum Gasteiger partial charge on any atom is -0.497 e. The zero-order valence-corrected chi connectivity index (χ0v) is 11.6. The number of nitrogens with two attached hydrogens (primary N) is 1. The summed E-state index contributed by atoms with van der Waals surface area (Å²) < 4.78 is 30.3. The number of benzene rings is 1. The van der Waals surface area contributed by atoms with Crippen molar-refractivity contribution in [1.29, 1.82) is 0 Å². The molecule has 3 N–H and O–H groups in total. The third-order valence-corrected chi connectivity index (χ3v) is 3.02. The van der Waals surface area contributed by atoms with Crippen LogP contribution in [0.1, 0.15) is 18.4 Å². The molecule has 0 aromatic heterocycles. The van der Waals surface area contributed by atoms with Crippen molar-refractivity contribution < 1.29 is 23.4 Å². The lowest BCUT2D eigenvalue weighted by Crippen LogP contribution is -2.54. The van der Waals surface area contributed by atoms with E-state index in [-0.39, 0.29) is 19.4 Å². The summed E-state index contributed by atoms with van der Waals surface area (Å²) in [5, 5.41) is 8.73. The average molecular weight is 300 g/mol. The molecule has 21 heavy (non-hydrogen) atoms. The molecule has 0 saturated heterocycles. The first-order valence-electron chi connectivity index (χ1n) is 6.34. The van der Waals surface area contributed by atoms with E-state index in [9.17, 15) is 13.6 Å². The van der Waals surface area contributed by atoms with Crippen LogP contribution in [0, 0.1) is 0 Å². The lowest BCUT2D eigenvalue weighted by atomic mass is 9.95. The molecule has 1 aromatic rings. The second-order valence-electron chi connectivity index (χ2n) is 4.56. The second-order valence-corrected chi connectivity index (χ2v) is 4.56. The maximum atomic E-state index is 12.6. The maximum absolute atomic E-state index is 12.6. The molecule has 0 radical (unpaired) electrons. The fraction of sp³-hybridized carbons (Fsp3) is 0.429. The third kappa shape index (κ3) is 4.78. The summed E-state index contributed by atoms with van der Waals surface area (Å²) in [6.07, 6.45) is -1.69. The number of rotatable bonds is 8. The predicted molar refractivity (Wildman–Crippen MR) is 75.2 cm³/mol. The number of hydrogen-bond acceptors (Lipinski definition) is 4. The van der Waals surface area contributed by atoms with Gasteiger partial charge in [0.2, 0.25) is 0 Å². The van der Waals surface area contributed by atoms with Crippen LogP contribution in [0.2, 0.25) is 0 Å². The maximum Gasteiger partial charge on any atom is 0.329 e. The molecule has 1 atom stereocenters. The fourth-order valence-corrected chi connectivity index (χ4v) is 1.63. The molecule has 0 aliphatic rings. The minimum absolute atomic E-state index is 0.166. The summed E-state index contributed by atoms with van der Waals surface area (Å²) in [7, 11) is 1.56. The van der Waals surface area contributed by atoms with E-state index < -0.39 is 17.9 Å². The van der Waals surface area contributed by atoms with Gasteiger partial charge in [-0.05, 0) is 42.7 Å². The molecule has 0 aliphatic carbocycles. The summed E-state index contributed by atoms with van der Waals surface area (Å²) in [6.45, 7) is 0.227. The number of hydrogen-bond donors (Lipinski definition) is 2. The molecule has 0 saturated carbocycles. The Kier molecular flexibility index (Phi) is 6.23. The monoisotopic (exact) mass is 300 g/mol. The summed E-state index contributed by atoms with van der Waals surface area (Å²) in [4.78, 5) is 14.8. The van der Waals surface area contributed by atoms with E-state index in [1.165, 1.54) is 0 Å². The highest BCUT2D eigenvalue weighted by molar-refractivity contribution is 5.80. The number of methoxy groups -OCH3 is 1. The molecule has 7 heteroatoms. The SMILES string of the molecule is COc1ccc(/C=N/CCCC(N)(C(=O)O)C(F)F)cc1. The summed E-state index contributed by atoms with van der Waals surface area (Å²) in [5.74, 6) is -0.977. The number of aliphatic carboxylic acids is 1. The smallest absolute Gasteiger partial charge is 0.329 e. The molecule has 0 bridgehead atoms. The number of alkyl halides is 2. The first-order valence-corrected chi connectivity index (χ1v) is 6.34. The Morgan fingerprint density at radius 1 is 1.48 bits per heavy atom. The van der Waals surface area contributed by atoms with E-state index in [1.54, 1.807) is 37.6 Å². The standard InChI is InChI=1S/C14H18F2N2O3/c1-21-11-5-3-10(4-6-11)9-18-8-2-7-14(17,12(15)16)13(19)20/h3-6,9,12H,2,7-8,17H2,1H3,(H,19,20)/b18-9+. The Morgan fingerprint density at radius 2 is 2.10 bits per heavy atom. The van der Waals surface area contributed by atoms with E-state index in [0.29, 0.717) is 0 Å². The van der Waals surface area contributed by atoms with Gasteiger partial charge in [0.15, 0.2) is 5.54 Å². The van der Waals surface area contributed by atoms with Crippen LogP contribution in [-0.4, -0.2) is 42.9 Å². The summed E-state index contributed by atoms with van der Waals surface area (Å²) in [6, 6.07) is 7.14. The van der Waals surface area contributed by atoms with E-state index >= 15 is 0 Å². The lowest BCUT2D eigenvalue weighted by Gasteiger charge is -2.22. The molecule has 116 valence electrons. The highest BCUT2D eigenvalue weighted by Gasteiger charge is 2.43. The first-order chi connectivity index (χ1) is 9.90. The van der Waals surface area contributed by atoms with Crippen LogP contribution in [0.15, 0.2) is 29.3 Å². The third-order valence-electron chi connectivity index (χ3n) is 3.02. The van der Waals surface area contributed by atoms with Gasteiger partial charge >= 0.3 is 5.97 Å². The van der Waals surface area contributed by atoms with Crippen LogP contribution in [0.4, 0.5) is 8.78 Å². The number of carboxylic acid groups (broad SMARTS) is 1. The van der Waals surface area contributed by atoms with E-state index in [4.69, 9.17) is 15.6 Å². The van der Waals surface area contributed by atoms with Crippen LogP contribution in [0.3, 0.4) is 0 Å². The highest BCUT2D eigenvalue weighted by atomic mass is 19.3. The van der Waals surface area contributed by atoms with Crippen molar-refractivity contribution in [3.63, 3.8) is 0 Å². The number of carbonyl (C=O) groups is 1. The zero-order valence-electron chi connectivity index (χ0n) is 11.6. The van der Waals surface area contributed by atoms with Crippen molar-refractivity contribution in [2.45, 2.75) is 24.8 Å². The molecule has 0 aliphatic heterocycles. The Hall–Kier alpha value is -2.02. The summed E-state index contributed by atoms with van der Waals surface area (Å²) in [5.41, 5.74) is 3.52. The van der Waals surface area contributed by atoms with Gasteiger partial charge in [0, 0.05) is 12.8 Å². The zero-order chi connectivity index (χ0) is 15.9. The lowest BCUT2D eigenvalue weighted by molar-refractivity contribution is -0.150. The van der Waals surface area contributed by atoms with Gasteiger partial charge in [-0.15, -0.1) is 0 Å². The van der Waals surface area contributed by atoms with Crippen molar-refractivity contribution in [3.8, 4) is 5.75 Å². The Morgan fingerprint density at radius 3 is 2.57 bits per heavy atom. The predicted octanol–water partition coefficient (Wildman–Crippen LogP) is 1.94. The van der Waals surface area contributed by atoms with E-state index in [0.717, 1.165) is 11.3 Å². The molecule has 1 unspecified atom stereocenters. The number of halogens is 2. The van der Waals surface area contributed by atoms with Crippen molar-refractivity contribution in [2.75, 3.05) is 13.7 Å². The first kappa shape index (κ1) is 17.0. The normalized spacial score (nSPS) is 14.3. The molecular weight excluding hydrogens is 282 g/mol. The largest absolute Gasteiger partial charge is 0.497 e. The molecule has 0 fully saturated rings. The number of carboxylic acids is 1. The topological polar surface area (TPSA) is 84.9 Å². The molecule has 0 heterocycles.